The van der Waals surface area contributed by atoms with Crippen LogP contribution in [0.3, 0.4) is 0 Å². The van der Waals surface area contributed by atoms with Crippen molar-refractivity contribution in [3.63, 3.8) is 0 Å². The number of aliphatic hydroxyl groups is 1. The zero-order valence-electron chi connectivity index (χ0n) is 20.2. The van der Waals surface area contributed by atoms with E-state index in [1.165, 1.54) is 0 Å². The molecule has 6 N–H and O–H groups in total. The van der Waals surface area contributed by atoms with Crippen LogP contribution >= 0.6 is 11.6 Å². The fourth-order valence-corrected chi connectivity index (χ4v) is 5.36. The van der Waals surface area contributed by atoms with Gasteiger partial charge in [0, 0.05) is 36.0 Å². The Morgan fingerprint density at radius 2 is 1.88 bits per heavy atom. The third-order valence-corrected chi connectivity index (χ3v) is 7.62. The summed E-state index contributed by atoms with van der Waals surface area (Å²) in [7, 11) is 0. The van der Waals surface area contributed by atoms with Gasteiger partial charge in [-0.25, -0.2) is 0 Å². The lowest BCUT2D eigenvalue weighted by atomic mass is 9.66. The van der Waals surface area contributed by atoms with Gasteiger partial charge < -0.3 is 26.8 Å². The number of nitrogens with two attached hydrogens (primary N) is 2. The Morgan fingerprint density at radius 1 is 1.24 bits per heavy atom. The van der Waals surface area contributed by atoms with Gasteiger partial charge in [0.1, 0.15) is 6.04 Å². The highest BCUT2D eigenvalue weighted by Gasteiger charge is 2.50. The Labute approximate surface area is 207 Å². The lowest BCUT2D eigenvalue weighted by molar-refractivity contribution is -0.156. The maximum Gasteiger partial charge on any atom is 0.245 e. The molecule has 2 fully saturated rings. The second kappa shape index (κ2) is 11.0. The molecule has 0 spiro atoms. The highest BCUT2D eigenvalue weighted by Crippen LogP contribution is 2.46. The predicted molar refractivity (Wildman–Crippen MR) is 134 cm³/mol. The van der Waals surface area contributed by atoms with E-state index in [4.69, 9.17) is 23.1 Å². The van der Waals surface area contributed by atoms with Gasteiger partial charge in [0.2, 0.25) is 11.8 Å². The van der Waals surface area contributed by atoms with Crippen LogP contribution in [-0.2, 0) is 15.2 Å². The number of carbonyl (C=O) groups excluding carboxylic acids is 2. The Morgan fingerprint density at radius 3 is 2.47 bits per heavy atom. The van der Waals surface area contributed by atoms with Crippen LogP contribution in [0, 0.1) is 11.3 Å². The molecule has 1 heterocycles. The molecule has 1 aliphatic heterocycles. The SMILES string of the molecule is CC1(C)CN(C(=O)[C@@H](CCCN=C(N)N)NC(=O)C2CCCC2)CC[C@]1(O)c1ccc(Cl)cc1. The summed E-state index contributed by atoms with van der Waals surface area (Å²) < 4.78 is 0. The zero-order valence-corrected chi connectivity index (χ0v) is 21.0. The monoisotopic (exact) mass is 491 g/mol. The molecule has 0 bridgehead atoms. The van der Waals surface area contributed by atoms with Gasteiger partial charge in [-0.3, -0.25) is 14.6 Å². The Balaban J connectivity index is 1.72. The fraction of sp³-hybridized carbons (Fsp3) is 0.640. The van der Waals surface area contributed by atoms with E-state index in [2.05, 4.69) is 10.3 Å². The van der Waals surface area contributed by atoms with E-state index in [0.717, 1.165) is 31.2 Å². The van der Waals surface area contributed by atoms with E-state index in [-0.39, 0.29) is 23.7 Å². The number of nitrogens with one attached hydrogen (secondary N) is 1. The minimum absolute atomic E-state index is 0.0112. The first kappa shape index (κ1) is 26.3. The number of aliphatic imine (C=N–C) groups is 1. The number of rotatable bonds is 8. The molecule has 2 atom stereocenters. The molecule has 8 nitrogen and oxygen atoms in total. The van der Waals surface area contributed by atoms with E-state index < -0.39 is 17.1 Å². The van der Waals surface area contributed by atoms with E-state index in [1.807, 2.05) is 26.0 Å². The largest absolute Gasteiger partial charge is 0.384 e. The van der Waals surface area contributed by atoms with Gasteiger partial charge in [-0.05, 0) is 49.8 Å². The topological polar surface area (TPSA) is 134 Å². The number of likely N-dealkylation sites (tertiary alicyclic amines) is 1. The quantitative estimate of drug-likeness (QED) is 0.252. The molecule has 0 radical (unpaired) electrons. The van der Waals surface area contributed by atoms with Gasteiger partial charge in [-0.2, -0.15) is 0 Å². The number of hydrogen-bond acceptors (Lipinski definition) is 4. The van der Waals surface area contributed by atoms with Gasteiger partial charge in [0.05, 0.1) is 5.60 Å². The lowest BCUT2D eigenvalue weighted by Gasteiger charge is -2.51. The summed E-state index contributed by atoms with van der Waals surface area (Å²) in [5.74, 6) is -0.188. The number of guanidine groups is 1. The first-order valence-corrected chi connectivity index (χ1v) is 12.5. The molecule has 9 heteroatoms. The molecule has 34 heavy (non-hydrogen) atoms. The summed E-state index contributed by atoms with van der Waals surface area (Å²) in [6.45, 7) is 5.09. The van der Waals surface area contributed by atoms with Crippen molar-refractivity contribution in [2.24, 2.45) is 27.8 Å². The minimum Gasteiger partial charge on any atom is -0.384 e. The third kappa shape index (κ3) is 6.02. The summed E-state index contributed by atoms with van der Waals surface area (Å²) in [5.41, 5.74) is 9.92. The molecule has 2 aliphatic rings. The molecule has 1 saturated carbocycles. The average molecular weight is 492 g/mol. The van der Waals surface area contributed by atoms with E-state index in [9.17, 15) is 14.7 Å². The van der Waals surface area contributed by atoms with Crippen molar-refractivity contribution < 1.29 is 14.7 Å². The summed E-state index contributed by atoms with van der Waals surface area (Å²) in [6.07, 6.45) is 5.25. The number of nitrogens with zero attached hydrogens (tertiary/aromatic N) is 2. The van der Waals surface area contributed by atoms with E-state index >= 15 is 0 Å². The smallest absolute Gasteiger partial charge is 0.245 e. The van der Waals surface area contributed by atoms with Crippen molar-refractivity contribution in [1.82, 2.24) is 10.2 Å². The molecule has 1 saturated heterocycles. The van der Waals surface area contributed by atoms with Gasteiger partial charge in [0.25, 0.3) is 0 Å². The first-order valence-electron chi connectivity index (χ1n) is 12.2. The molecule has 1 aromatic carbocycles. The molecule has 1 aliphatic carbocycles. The number of benzene rings is 1. The van der Waals surface area contributed by atoms with Crippen LogP contribution in [-0.4, -0.2) is 53.5 Å². The number of carbonyl (C=O) groups is 2. The highest BCUT2D eigenvalue weighted by atomic mass is 35.5. The maximum absolute atomic E-state index is 13.6. The van der Waals surface area contributed by atoms with Crippen LogP contribution in [0.4, 0.5) is 0 Å². The average Bonchev–Trinajstić information content (AvgIpc) is 3.32. The van der Waals surface area contributed by atoms with Crippen molar-refractivity contribution in [2.75, 3.05) is 19.6 Å². The summed E-state index contributed by atoms with van der Waals surface area (Å²) in [5, 5.41) is 15.2. The van der Waals surface area contributed by atoms with Gasteiger partial charge >= 0.3 is 0 Å². The Kier molecular flexibility index (Phi) is 8.47. The van der Waals surface area contributed by atoms with Crippen LogP contribution in [0.15, 0.2) is 29.3 Å². The van der Waals surface area contributed by atoms with E-state index in [0.29, 0.717) is 43.9 Å². The predicted octanol–water partition coefficient (Wildman–Crippen LogP) is 2.51. The fourth-order valence-electron chi connectivity index (χ4n) is 5.23. The molecular formula is C25H38ClN5O3. The Bertz CT molecular complexity index is 894. The van der Waals surface area contributed by atoms with Gasteiger partial charge in [0.15, 0.2) is 5.96 Å². The summed E-state index contributed by atoms with van der Waals surface area (Å²) in [6, 6.07) is 6.59. The van der Waals surface area contributed by atoms with Crippen LogP contribution in [0.25, 0.3) is 0 Å². The molecule has 188 valence electrons. The molecule has 0 unspecified atom stereocenters. The van der Waals surface area contributed by atoms with Crippen molar-refractivity contribution >= 4 is 29.4 Å². The standard InChI is InChI=1S/C25H38ClN5O3/c1-24(2)16-31(15-13-25(24,34)18-9-11-19(26)12-10-18)22(33)20(8-5-14-29-23(27)28)30-21(32)17-6-3-4-7-17/h9-12,17,20,34H,3-8,13-16H2,1-2H3,(H,30,32)(H4,27,28,29)/t20-,25+/m1/s1. The Hall–Kier alpha value is -2.32. The number of hydrogen-bond donors (Lipinski definition) is 4. The first-order chi connectivity index (χ1) is 16.0. The number of halogens is 1. The lowest BCUT2D eigenvalue weighted by Crippen LogP contribution is -2.60. The van der Waals surface area contributed by atoms with Crippen LogP contribution in [0.5, 0.6) is 0 Å². The molecule has 3 rings (SSSR count). The second-order valence-electron chi connectivity index (χ2n) is 10.3. The molecule has 1 aromatic rings. The normalized spacial score (nSPS) is 23.4. The van der Waals surface area contributed by atoms with Gasteiger partial charge in [-0.1, -0.05) is 50.4 Å². The van der Waals surface area contributed by atoms with Crippen LogP contribution in [0.2, 0.25) is 5.02 Å². The summed E-state index contributed by atoms with van der Waals surface area (Å²) >= 11 is 6.03. The van der Waals surface area contributed by atoms with Gasteiger partial charge in [-0.15, -0.1) is 0 Å². The minimum atomic E-state index is -1.09. The molecule has 2 amide bonds. The number of amides is 2. The van der Waals surface area contributed by atoms with Crippen molar-refractivity contribution in [3.05, 3.63) is 34.9 Å². The zero-order chi connectivity index (χ0) is 24.9. The van der Waals surface area contributed by atoms with Crippen LogP contribution < -0.4 is 16.8 Å². The second-order valence-corrected chi connectivity index (χ2v) is 10.7. The van der Waals surface area contributed by atoms with Crippen LogP contribution in [0.1, 0.15) is 64.4 Å². The van der Waals surface area contributed by atoms with Crippen molar-refractivity contribution in [1.29, 1.82) is 0 Å². The highest BCUT2D eigenvalue weighted by molar-refractivity contribution is 6.30. The molecule has 0 aromatic heterocycles. The third-order valence-electron chi connectivity index (χ3n) is 7.37. The molecular weight excluding hydrogens is 454 g/mol. The van der Waals surface area contributed by atoms with Crippen molar-refractivity contribution in [2.45, 2.75) is 70.4 Å². The van der Waals surface area contributed by atoms with E-state index in [1.54, 1.807) is 17.0 Å². The number of piperidine rings is 1. The summed E-state index contributed by atoms with van der Waals surface area (Å²) in [4.78, 5) is 32.2. The van der Waals surface area contributed by atoms with Crippen molar-refractivity contribution in [3.8, 4) is 0 Å². The maximum atomic E-state index is 13.6.